The van der Waals surface area contributed by atoms with Crippen molar-refractivity contribution in [2.75, 3.05) is 26.3 Å². The fourth-order valence-electron chi connectivity index (χ4n) is 2.06. The first-order valence-electron chi connectivity index (χ1n) is 5.83. The largest absolute Gasteiger partial charge is 0.458 e. The van der Waals surface area contributed by atoms with Gasteiger partial charge in [-0.1, -0.05) is 6.07 Å². The van der Waals surface area contributed by atoms with E-state index in [2.05, 4.69) is 11.0 Å². The topological polar surface area (TPSA) is 30.9 Å². The van der Waals surface area contributed by atoms with Crippen LogP contribution in [0.25, 0.3) is 0 Å². The number of ether oxygens (including phenoxy) is 3. The van der Waals surface area contributed by atoms with Gasteiger partial charge in [0.25, 0.3) is 0 Å². The Hall–Kier alpha value is -1.52. The maximum absolute atomic E-state index is 5.40. The molecule has 0 N–H and O–H groups in total. The lowest BCUT2D eigenvalue weighted by molar-refractivity contribution is 0.0341. The minimum Gasteiger partial charge on any atom is -0.458 e. The summed E-state index contributed by atoms with van der Waals surface area (Å²) in [5.41, 5.74) is 1.24. The Morgan fingerprint density at radius 1 is 1.00 bits per heavy atom. The van der Waals surface area contributed by atoms with Gasteiger partial charge in [-0.25, -0.2) is 0 Å². The van der Waals surface area contributed by atoms with Crippen LogP contribution in [0.4, 0.5) is 0 Å². The molecule has 2 heterocycles. The highest BCUT2D eigenvalue weighted by atomic mass is 16.5. The zero-order valence-electron chi connectivity index (χ0n) is 9.59. The molecule has 0 aromatic heterocycles. The third kappa shape index (κ3) is 2.43. The van der Waals surface area contributed by atoms with E-state index in [-0.39, 0.29) is 0 Å². The molecule has 0 amide bonds. The van der Waals surface area contributed by atoms with E-state index in [1.807, 2.05) is 12.1 Å². The second kappa shape index (κ2) is 4.77. The molecule has 17 heavy (non-hydrogen) atoms. The molecule has 1 aromatic carbocycles. The van der Waals surface area contributed by atoms with Gasteiger partial charge in [-0.3, -0.25) is 4.90 Å². The van der Waals surface area contributed by atoms with Gasteiger partial charge in [-0.2, -0.15) is 0 Å². The van der Waals surface area contributed by atoms with Crippen molar-refractivity contribution in [3.63, 3.8) is 0 Å². The molecule has 3 rings (SSSR count). The predicted molar refractivity (Wildman–Crippen MR) is 62.9 cm³/mol. The van der Waals surface area contributed by atoms with Crippen LogP contribution >= 0.6 is 0 Å². The lowest BCUT2D eigenvalue weighted by atomic mass is 10.2. The van der Waals surface area contributed by atoms with Crippen molar-refractivity contribution in [1.29, 1.82) is 0 Å². The Labute approximate surface area is 100 Å². The van der Waals surface area contributed by atoms with E-state index in [4.69, 9.17) is 14.2 Å². The van der Waals surface area contributed by atoms with Crippen molar-refractivity contribution < 1.29 is 14.2 Å². The molecular weight excluding hydrogens is 218 g/mol. The molecule has 0 radical (unpaired) electrons. The summed E-state index contributed by atoms with van der Waals surface area (Å²) in [6.45, 7) is 4.58. The zero-order valence-corrected chi connectivity index (χ0v) is 9.59. The maximum atomic E-state index is 5.40. The van der Waals surface area contributed by atoms with Crippen LogP contribution in [0, 0.1) is 0 Å². The Kier molecular flexibility index (Phi) is 2.98. The molecule has 0 saturated carbocycles. The number of benzene rings is 1. The fourth-order valence-corrected chi connectivity index (χ4v) is 2.06. The second-order valence-corrected chi connectivity index (χ2v) is 4.18. The first-order chi connectivity index (χ1) is 8.42. The highest BCUT2D eigenvalue weighted by Gasteiger charge is 2.13. The minimum atomic E-state index is 0.776. The molecule has 1 saturated heterocycles. The second-order valence-electron chi connectivity index (χ2n) is 4.18. The van der Waals surface area contributed by atoms with E-state index in [0.717, 1.165) is 44.3 Å². The van der Waals surface area contributed by atoms with Gasteiger partial charge < -0.3 is 14.2 Å². The Balaban J connectivity index is 1.71. The maximum Gasteiger partial charge on any atom is 0.169 e. The van der Waals surface area contributed by atoms with Gasteiger partial charge in [0.05, 0.1) is 13.2 Å². The summed E-state index contributed by atoms with van der Waals surface area (Å²) in [5, 5.41) is 0. The quantitative estimate of drug-likeness (QED) is 0.779. The van der Waals surface area contributed by atoms with Crippen LogP contribution in [0.1, 0.15) is 5.56 Å². The van der Waals surface area contributed by atoms with E-state index < -0.39 is 0 Å². The number of hydrogen-bond acceptors (Lipinski definition) is 4. The van der Waals surface area contributed by atoms with Crippen LogP contribution in [0.5, 0.6) is 11.5 Å². The summed E-state index contributed by atoms with van der Waals surface area (Å²) in [4.78, 5) is 2.38. The van der Waals surface area contributed by atoms with Crippen molar-refractivity contribution in [3.05, 3.63) is 36.3 Å². The number of rotatable bonds is 2. The van der Waals surface area contributed by atoms with E-state index >= 15 is 0 Å². The highest BCUT2D eigenvalue weighted by molar-refractivity contribution is 5.44. The average molecular weight is 233 g/mol. The third-order valence-corrected chi connectivity index (χ3v) is 2.96. The number of fused-ring (bicyclic) bond motifs is 1. The van der Waals surface area contributed by atoms with Gasteiger partial charge in [-0.15, -0.1) is 0 Å². The highest BCUT2D eigenvalue weighted by Crippen LogP contribution is 2.31. The molecule has 0 atom stereocenters. The van der Waals surface area contributed by atoms with E-state index in [1.165, 1.54) is 5.56 Å². The first-order valence-corrected chi connectivity index (χ1v) is 5.83. The van der Waals surface area contributed by atoms with Crippen molar-refractivity contribution in [1.82, 2.24) is 4.90 Å². The Morgan fingerprint density at radius 3 is 2.59 bits per heavy atom. The predicted octanol–water partition coefficient (Wildman–Crippen LogP) is 1.76. The molecule has 4 heteroatoms. The van der Waals surface area contributed by atoms with Gasteiger partial charge in [0, 0.05) is 19.6 Å². The lowest BCUT2D eigenvalue weighted by Crippen LogP contribution is -2.35. The number of morpholine rings is 1. The number of hydrogen-bond donors (Lipinski definition) is 0. The van der Waals surface area contributed by atoms with Crippen molar-refractivity contribution in [3.8, 4) is 11.5 Å². The average Bonchev–Trinajstić information content (AvgIpc) is 2.40. The molecule has 1 fully saturated rings. The fraction of sp³-hybridized carbons (Fsp3) is 0.385. The molecule has 2 aliphatic rings. The molecule has 90 valence electrons. The van der Waals surface area contributed by atoms with E-state index in [9.17, 15) is 0 Å². The monoisotopic (exact) mass is 233 g/mol. The Bertz CT molecular complexity index is 425. The van der Waals surface area contributed by atoms with Crippen LogP contribution in [0.2, 0.25) is 0 Å². The molecule has 0 unspecified atom stereocenters. The SMILES string of the molecule is C1=COc2cc(CN3CCOCC3)ccc2O1. The smallest absolute Gasteiger partial charge is 0.169 e. The van der Waals surface area contributed by atoms with Gasteiger partial charge in [0.15, 0.2) is 11.5 Å². The summed E-state index contributed by atoms with van der Waals surface area (Å²) in [7, 11) is 0. The van der Waals surface area contributed by atoms with Crippen LogP contribution in [0.15, 0.2) is 30.7 Å². The van der Waals surface area contributed by atoms with Crippen molar-refractivity contribution in [2.45, 2.75) is 6.54 Å². The Morgan fingerprint density at radius 2 is 1.76 bits per heavy atom. The minimum absolute atomic E-state index is 0.776. The third-order valence-electron chi connectivity index (χ3n) is 2.96. The van der Waals surface area contributed by atoms with E-state index in [0.29, 0.717) is 0 Å². The molecular formula is C13H15NO3. The molecule has 0 spiro atoms. The number of nitrogens with zero attached hydrogens (tertiary/aromatic N) is 1. The van der Waals surface area contributed by atoms with Gasteiger partial charge in [0.1, 0.15) is 12.5 Å². The standard InChI is InChI=1S/C13H15NO3/c1-2-12-13(17-8-7-16-12)9-11(1)10-14-3-5-15-6-4-14/h1-2,7-9H,3-6,10H2. The molecule has 2 aliphatic heterocycles. The summed E-state index contributed by atoms with van der Waals surface area (Å²) in [6, 6.07) is 6.07. The van der Waals surface area contributed by atoms with Gasteiger partial charge in [0.2, 0.25) is 0 Å². The lowest BCUT2D eigenvalue weighted by Gasteiger charge is -2.26. The summed E-state index contributed by atoms with van der Waals surface area (Å²) in [6.07, 6.45) is 3.10. The normalized spacial score (nSPS) is 19.3. The summed E-state index contributed by atoms with van der Waals surface area (Å²) < 4.78 is 16.1. The molecule has 0 bridgehead atoms. The van der Waals surface area contributed by atoms with Crippen LogP contribution in [-0.4, -0.2) is 31.2 Å². The van der Waals surface area contributed by atoms with Gasteiger partial charge in [-0.05, 0) is 17.7 Å². The van der Waals surface area contributed by atoms with Crippen LogP contribution in [-0.2, 0) is 11.3 Å². The van der Waals surface area contributed by atoms with Crippen LogP contribution in [0.3, 0.4) is 0 Å². The molecule has 4 nitrogen and oxygen atoms in total. The summed E-state index contributed by atoms with van der Waals surface area (Å²) in [5.74, 6) is 1.57. The first kappa shape index (κ1) is 10.6. The van der Waals surface area contributed by atoms with Crippen molar-refractivity contribution >= 4 is 0 Å². The van der Waals surface area contributed by atoms with Gasteiger partial charge >= 0.3 is 0 Å². The van der Waals surface area contributed by atoms with Crippen molar-refractivity contribution in [2.24, 2.45) is 0 Å². The molecule has 0 aliphatic carbocycles. The molecule has 1 aromatic rings. The summed E-state index contributed by atoms with van der Waals surface area (Å²) >= 11 is 0. The zero-order chi connectivity index (χ0) is 11.5. The van der Waals surface area contributed by atoms with Crippen LogP contribution < -0.4 is 9.47 Å². The van der Waals surface area contributed by atoms with E-state index in [1.54, 1.807) is 12.5 Å².